The molecule has 2 heterocycles. The van der Waals surface area contributed by atoms with Crippen LogP contribution in [0.4, 0.5) is 5.69 Å². The average Bonchev–Trinajstić information content (AvgIpc) is 3.22. The fourth-order valence-corrected chi connectivity index (χ4v) is 3.23. The molecule has 0 bridgehead atoms. The Morgan fingerprint density at radius 2 is 1.68 bits per heavy atom. The molecule has 0 saturated carbocycles. The number of benzene rings is 1. The third kappa shape index (κ3) is 4.24. The molecule has 0 unspecified atom stereocenters. The maximum absolute atomic E-state index is 12.8. The lowest BCUT2D eigenvalue weighted by Gasteiger charge is -2.35. The number of amides is 3. The Hall–Kier alpha value is -3.09. The van der Waals surface area contributed by atoms with Crippen LogP contribution in [0.2, 0.25) is 0 Å². The first kappa shape index (κ1) is 19.7. The molecule has 1 saturated heterocycles. The fraction of sp³-hybridized carbons (Fsp3) is 0.381. The van der Waals surface area contributed by atoms with Crippen molar-refractivity contribution in [3.05, 3.63) is 53.5 Å². The topological polar surface area (TPSA) is 74.1 Å². The second-order valence-corrected chi connectivity index (χ2v) is 7.02. The minimum Gasteiger partial charge on any atom is -0.459 e. The molecule has 7 heteroatoms. The van der Waals surface area contributed by atoms with Gasteiger partial charge in [-0.05, 0) is 49.2 Å². The van der Waals surface area contributed by atoms with E-state index in [0.717, 1.165) is 16.8 Å². The van der Waals surface area contributed by atoms with E-state index in [2.05, 4.69) is 0 Å². The molecule has 3 rings (SSSR count). The zero-order valence-electron chi connectivity index (χ0n) is 16.5. The fourth-order valence-electron chi connectivity index (χ4n) is 3.23. The Morgan fingerprint density at radius 3 is 2.25 bits per heavy atom. The summed E-state index contributed by atoms with van der Waals surface area (Å²) in [5.74, 6) is -0.170. The lowest BCUT2D eigenvalue weighted by Crippen LogP contribution is -2.53. The number of rotatable bonds is 4. The van der Waals surface area contributed by atoms with Gasteiger partial charge in [-0.2, -0.15) is 0 Å². The Morgan fingerprint density at radius 1 is 1.00 bits per heavy atom. The first-order valence-corrected chi connectivity index (χ1v) is 9.32. The van der Waals surface area contributed by atoms with Crippen molar-refractivity contribution in [1.82, 2.24) is 9.80 Å². The highest BCUT2D eigenvalue weighted by molar-refractivity contribution is 5.97. The number of nitrogens with zero attached hydrogens (tertiary/aromatic N) is 3. The highest BCUT2D eigenvalue weighted by atomic mass is 16.3. The summed E-state index contributed by atoms with van der Waals surface area (Å²) < 4.78 is 5.15. The van der Waals surface area contributed by atoms with E-state index in [1.54, 1.807) is 21.9 Å². The van der Waals surface area contributed by atoms with Crippen molar-refractivity contribution < 1.29 is 18.8 Å². The number of aryl methyl sites for hydroxylation is 2. The summed E-state index contributed by atoms with van der Waals surface area (Å²) in [4.78, 5) is 42.1. The summed E-state index contributed by atoms with van der Waals surface area (Å²) in [7, 11) is 0. The Labute approximate surface area is 164 Å². The lowest BCUT2D eigenvalue weighted by molar-refractivity contribution is -0.132. The van der Waals surface area contributed by atoms with E-state index < -0.39 is 0 Å². The van der Waals surface area contributed by atoms with Crippen LogP contribution in [0, 0.1) is 13.8 Å². The minimum atomic E-state index is -0.178. The van der Waals surface area contributed by atoms with E-state index in [1.165, 1.54) is 18.1 Å². The summed E-state index contributed by atoms with van der Waals surface area (Å²) >= 11 is 0. The molecule has 3 amide bonds. The van der Waals surface area contributed by atoms with E-state index in [-0.39, 0.29) is 24.3 Å². The molecular formula is C21H25N3O4. The number of anilines is 1. The normalized spacial score (nSPS) is 14.1. The quantitative estimate of drug-likeness (QED) is 0.812. The standard InChI is InChI=1S/C21H25N3O4/c1-15-6-7-18(13-16(15)2)24(17(3)25)14-20(26)22-8-10-23(11-9-22)21(27)19-5-4-12-28-19/h4-7,12-13H,8-11,14H2,1-3H3. The SMILES string of the molecule is CC(=O)N(CC(=O)N1CCN(C(=O)c2ccco2)CC1)c1ccc(C)c(C)c1. The van der Waals surface area contributed by atoms with Crippen LogP contribution in [0.25, 0.3) is 0 Å². The van der Waals surface area contributed by atoms with Gasteiger partial charge in [-0.15, -0.1) is 0 Å². The molecule has 148 valence electrons. The molecule has 1 aliphatic rings. The van der Waals surface area contributed by atoms with Gasteiger partial charge >= 0.3 is 0 Å². The van der Waals surface area contributed by atoms with Crippen LogP contribution >= 0.6 is 0 Å². The zero-order chi connectivity index (χ0) is 20.3. The van der Waals surface area contributed by atoms with E-state index >= 15 is 0 Å². The van der Waals surface area contributed by atoms with Crippen molar-refractivity contribution in [2.45, 2.75) is 20.8 Å². The van der Waals surface area contributed by atoms with E-state index in [4.69, 9.17) is 4.42 Å². The third-order valence-corrected chi connectivity index (χ3v) is 5.13. The van der Waals surface area contributed by atoms with Crippen LogP contribution in [0.5, 0.6) is 0 Å². The predicted molar refractivity (Wildman–Crippen MR) is 105 cm³/mol. The molecule has 7 nitrogen and oxygen atoms in total. The maximum Gasteiger partial charge on any atom is 0.289 e. The molecule has 0 radical (unpaired) electrons. The summed E-state index contributed by atoms with van der Waals surface area (Å²) in [6, 6.07) is 9.04. The van der Waals surface area contributed by atoms with Crippen molar-refractivity contribution in [2.24, 2.45) is 0 Å². The molecule has 1 aliphatic heterocycles. The molecular weight excluding hydrogens is 358 g/mol. The van der Waals surface area contributed by atoms with Crippen molar-refractivity contribution in [1.29, 1.82) is 0 Å². The highest BCUT2D eigenvalue weighted by Gasteiger charge is 2.27. The minimum absolute atomic E-state index is 0.00996. The second kappa shape index (κ2) is 8.29. The van der Waals surface area contributed by atoms with Gasteiger partial charge in [-0.3, -0.25) is 14.4 Å². The zero-order valence-corrected chi connectivity index (χ0v) is 16.5. The number of hydrogen-bond donors (Lipinski definition) is 0. The summed E-state index contributed by atoms with van der Waals surface area (Å²) in [5.41, 5.74) is 2.92. The van der Waals surface area contributed by atoms with Gasteiger partial charge in [0.25, 0.3) is 5.91 Å². The largest absolute Gasteiger partial charge is 0.459 e. The maximum atomic E-state index is 12.8. The van der Waals surface area contributed by atoms with Crippen molar-refractivity contribution >= 4 is 23.4 Å². The molecule has 28 heavy (non-hydrogen) atoms. The first-order valence-electron chi connectivity index (χ1n) is 9.32. The number of hydrogen-bond acceptors (Lipinski definition) is 4. The smallest absolute Gasteiger partial charge is 0.289 e. The predicted octanol–water partition coefficient (Wildman–Crippen LogP) is 2.23. The summed E-state index contributed by atoms with van der Waals surface area (Å²) in [5, 5.41) is 0. The van der Waals surface area contributed by atoms with Crippen molar-refractivity contribution in [3.8, 4) is 0 Å². The van der Waals surface area contributed by atoms with Gasteiger partial charge in [0.05, 0.1) is 6.26 Å². The van der Waals surface area contributed by atoms with Crippen LogP contribution in [0.3, 0.4) is 0 Å². The van der Waals surface area contributed by atoms with Crippen LogP contribution in [0.1, 0.15) is 28.6 Å². The van der Waals surface area contributed by atoms with Gasteiger partial charge in [0.15, 0.2) is 5.76 Å². The monoisotopic (exact) mass is 383 g/mol. The van der Waals surface area contributed by atoms with E-state index in [9.17, 15) is 14.4 Å². The number of furan rings is 1. The Bertz CT molecular complexity index is 868. The van der Waals surface area contributed by atoms with Crippen LogP contribution in [0.15, 0.2) is 41.0 Å². The van der Waals surface area contributed by atoms with Gasteiger partial charge in [-0.25, -0.2) is 0 Å². The molecule has 0 aliphatic carbocycles. The Kier molecular flexibility index (Phi) is 5.82. The number of piperazine rings is 1. The lowest BCUT2D eigenvalue weighted by atomic mass is 10.1. The summed E-state index contributed by atoms with van der Waals surface area (Å²) in [6.45, 7) is 7.18. The molecule has 0 atom stereocenters. The van der Waals surface area contributed by atoms with E-state index in [0.29, 0.717) is 31.9 Å². The van der Waals surface area contributed by atoms with Gasteiger partial charge in [0.2, 0.25) is 11.8 Å². The highest BCUT2D eigenvalue weighted by Crippen LogP contribution is 2.19. The Balaban J connectivity index is 1.61. The first-order chi connectivity index (χ1) is 13.4. The van der Waals surface area contributed by atoms with Gasteiger partial charge < -0.3 is 19.1 Å². The van der Waals surface area contributed by atoms with Crippen LogP contribution in [-0.2, 0) is 9.59 Å². The van der Waals surface area contributed by atoms with Crippen molar-refractivity contribution in [2.75, 3.05) is 37.6 Å². The van der Waals surface area contributed by atoms with Gasteiger partial charge in [0, 0.05) is 38.8 Å². The molecule has 1 aromatic heterocycles. The van der Waals surface area contributed by atoms with Gasteiger partial charge in [-0.1, -0.05) is 6.07 Å². The summed E-state index contributed by atoms with van der Waals surface area (Å²) in [6.07, 6.45) is 1.47. The molecule has 2 aromatic rings. The molecule has 0 spiro atoms. The van der Waals surface area contributed by atoms with Crippen molar-refractivity contribution in [3.63, 3.8) is 0 Å². The third-order valence-electron chi connectivity index (χ3n) is 5.13. The number of carbonyl (C=O) groups excluding carboxylic acids is 3. The molecule has 1 fully saturated rings. The number of carbonyl (C=O) groups is 3. The molecule has 0 N–H and O–H groups in total. The van der Waals surface area contributed by atoms with E-state index in [1.807, 2.05) is 32.0 Å². The van der Waals surface area contributed by atoms with Crippen LogP contribution in [-0.4, -0.2) is 60.2 Å². The van der Waals surface area contributed by atoms with Gasteiger partial charge in [0.1, 0.15) is 6.54 Å². The van der Waals surface area contributed by atoms with Crippen LogP contribution < -0.4 is 4.90 Å². The molecule has 1 aromatic carbocycles. The average molecular weight is 383 g/mol. The second-order valence-electron chi connectivity index (χ2n) is 7.02.